The topological polar surface area (TPSA) is 13.1 Å². The zero-order valence-electron chi connectivity index (χ0n) is 38.3. The maximum Gasteiger partial charge on any atom is 0.0491 e. The van der Waals surface area contributed by atoms with E-state index in [1.807, 2.05) is 55.4 Å². The Kier molecular flexibility index (Phi) is 26.3. The van der Waals surface area contributed by atoms with E-state index in [0.717, 1.165) is 13.1 Å². The molecule has 0 aliphatic rings. The molecule has 6 rings (SSSR count). The maximum absolute atomic E-state index is 2.44. The summed E-state index contributed by atoms with van der Waals surface area (Å²) in [5.41, 5.74) is 6.29. The molecule has 0 aliphatic heterocycles. The van der Waals surface area contributed by atoms with Crippen LogP contribution < -0.4 is 0 Å². The van der Waals surface area contributed by atoms with Gasteiger partial charge in [0.15, 0.2) is 0 Å². The number of rotatable bonds is 3. The van der Waals surface area contributed by atoms with Gasteiger partial charge >= 0.3 is 0 Å². The summed E-state index contributed by atoms with van der Waals surface area (Å²) in [6.07, 6.45) is 1.27. The number of benzene rings is 4. The third kappa shape index (κ3) is 17.9. The smallest absolute Gasteiger partial charge is 0.0491 e. The Bertz CT molecular complexity index is 1660. The number of aromatic nitrogens is 2. The molecule has 0 spiro atoms. The van der Waals surface area contributed by atoms with Gasteiger partial charge in [-0.1, -0.05) is 197 Å². The highest BCUT2D eigenvalue weighted by Crippen LogP contribution is 2.29. The fraction of sp³-hybridized carbons (Fsp3) is 0.520. The van der Waals surface area contributed by atoms with Crippen molar-refractivity contribution < 1.29 is 0 Å². The van der Waals surface area contributed by atoms with Crippen molar-refractivity contribution in [3.05, 3.63) is 97.1 Å². The monoisotopic (exact) mass is 726 g/mol. The first kappa shape index (κ1) is 51.5. The lowest BCUT2D eigenvalue weighted by molar-refractivity contribution is 0.263. The number of hydrogen-bond acceptors (Lipinski definition) is 1. The zero-order chi connectivity index (χ0) is 41.4. The van der Waals surface area contributed by atoms with Gasteiger partial charge in [-0.05, 0) is 55.1 Å². The fourth-order valence-electron chi connectivity index (χ4n) is 5.63. The van der Waals surface area contributed by atoms with E-state index >= 15 is 0 Å². The number of nitrogens with zero attached hydrogens (tertiary/aromatic N) is 3. The molecule has 0 atom stereocenters. The fourth-order valence-corrected chi connectivity index (χ4v) is 5.63. The highest BCUT2D eigenvalue weighted by Gasteiger charge is 2.11. The van der Waals surface area contributed by atoms with Crippen molar-refractivity contribution in [1.29, 1.82) is 0 Å². The van der Waals surface area contributed by atoms with Crippen LogP contribution in [-0.2, 0) is 13.6 Å². The van der Waals surface area contributed by atoms with Crippen LogP contribution in [0.5, 0.6) is 0 Å². The minimum Gasteiger partial charge on any atom is -0.344 e. The van der Waals surface area contributed by atoms with Gasteiger partial charge in [0.25, 0.3) is 0 Å². The average molecular weight is 726 g/mol. The summed E-state index contributed by atoms with van der Waals surface area (Å²) in [7, 11) is 6.32. The van der Waals surface area contributed by atoms with E-state index in [0.29, 0.717) is 16.7 Å². The van der Waals surface area contributed by atoms with Crippen molar-refractivity contribution >= 4 is 43.6 Å². The Morgan fingerprint density at radius 2 is 0.755 bits per heavy atom. The molecule has 0 N–H and O–H groups in total. The first-order chi connectivity index (χ1) is 25.1. The summed E-state index contributed by atoms with van der Waals surface area (Å²) in [5.74, 6) is 0.661. The SMILES string of the molecule is CC.CC.CC.CC.CC(C)Cn1c2ccccc2c2ccccc21.CCC(C)(C)C.CN(C)CC(C)(C)C.Cn1c2ccccc2c2ccccc21. The van der Waals surface area contributed by atoms with E-state index in [-0.39, 0.29) is 0 Å². The lowest BCUT2D eigenvalue weighted by Gasteiger charge is -2.22. The van der Waals surface area contributed by atoms with Crippen LogP contribution in [0.1, 0.15) is 124 Å². The Hall–Kier alpha value is -3.56. The molecule has 2 aromatic heterocycles. The molecule has 2 heterocycles. The van der Waals surface area contributed by atoms with Crippen molar-refractivity contribution in [2.75, 3.05) is 20.6 Å². The molecule has 0 radical (unpaired) electrons. The van der Waals surface area contributed by atoms with Gasteiger partial charge in [-0.25, -0.2) is 0 Å². The van der Waals surface area contributed by atoms with Crippen LogP contribution in [0, 0.1) is 16.7 Å². The predicted octanol–water partition coefficient (Wildman–Crippen LogP) is 15.9. The minimum atomic E-state index is 0.448. The summed E-state index contributed by atoms with van der Waals surface area (Å²) in [4.78, 5) is 2.21. The standard InChI is InChI=1S/C16H17N.C13H11N.C7H17N.C6H14.4C2H6/c1-12(2)11-17-15-9-5-3-7-13(15)14-8-4-6-10-16(14)17;1-14-12-8-4-2-6-10(12)11-7-3-5-9-13(11)14;1-7(2,3)6-8(4)5;1-5-6(2,3)4;4*1-2/h3-10,12H,11H2,1-2H3;2-9H,1H3;6H2,1-5H3;5H2,1-4H3;4*1-2H3. The van der Waals surface area contributed by atoms with Gasteiger partial charge < -0.3 is 14.0 Å². The molecule has 0 saturated heterocycles. The summed E-state index contributed by atoms with van der Waals surface area (Å²) in [5, 5.41) is 5.41. The molecular weight excluding hydrogens is 643 g/mol. The largest absolute Gasteiger partial charge is 0.344 e. The minimum absolute atomic E-state index is 0.448. The molecule has 0 amide bonds. The summed E-state index contributed by atoms with van der Waals surface area (Å²) in [6.45, 7) is 38.4. The molecule has 0 aliphatic carbocycles. The first-order valence-corrected chi connectivity index (χ1v) is 20.7. The second-order valence-electron chi connectivity index (χ2n) is 15.3. The van der Waals surface area contributed by atoms with Gasteiger partial charge in [0.05, 0.1) is 0 Å². The lowest BCUT2D eigenvalue weighted by Crippen LogP contribution is -2.25. The molecule has 3 nitrogen and oxygen atoms in total. The van der Waals surface area contributed by atoms with Crippen molar-refractivity contribution in [3.63, 3.8) is 0 Å². The highest BCUT2D eigenvalue weighted by molar-refractivity contribution is 6.08. The molecule has 298 valence electrons. The van der Waals surface area contributed by atoms with Gasteiger partial charge in [0, 0.05) is 63.7 Å². The highest BCUT2D eigenvalue weighted by atomic mass is 15.1. The second kappa shape index (κ2) is 27.1. The average Bonchev–Trinajstić information content (AvgIpc) is 3.62. The Balaban J connectivity index is 0. The Labute approximate surface area is 328 Å². The van der Waals surface area contributed by atoms with Gasteiger partial charge in [0.2, 0.25) is 0 Å². The van der Waals surface area contributed by atoms with Crippen LogP contribution >= 0.6 is 0 Å². The number of hydrogen-bond donors (Lipinski definition) is 0. The summed E-state index contributed by atoms with van der Waals surface area (Å²) in [6, 6.07) is 34.4. The second-order valence-corrected chi connectivity index (χ2v) is 15.3. The van der Waals surface area contributed by atoms with Crippen LogP contribution in [0.15, 0.2) is 97.1 Å². The maximum atomic E-state index is 2.44. The van der Waals surface area contributed by atoms with E-state index in [4.69, 9.17) is 0 Å². The molecular formula is C50H83N3. The molecule has 3 heteroatoms. The van der Waals surface area contributed by atoms with E-state index in [1.165, 1.54) is 50.0 Å². The van der Waals surface area contributed by atoms with Gasteiger partial charge in [-0.3, -0.25) is 0 Å². The molecule has 0 unspecified atom stereocenters. The molecule has 6 aromatic rings. The number of fused-ring (bicyclic) bond motifs is 6. The van der Waals surface area contributed by atoms with Gasteiger partial charge in [-0.15, -0.1) is 0 Å². The zero-order valence-corrected chi connectivity index (χ0v) is 38.3. The molecule has 0 saturated carbocycles. The van der Waals surface area contributed by atoms with Crippen LogP contribution in [0.25, 0.3) is 43.6 Å². The third-order valence-corrected chi connectivity index (χ3v) is 7.90. The molecule has 0 fully saturated rings. The van der Waals surface area contributed by atoms with E-state index in [2.05, 4.69) is 195 Å². The van der Waals surface area contributed by atoms with Gasteiger partial charge in [-0.2, -0.15) is 0 Å². The van der Waals surface area contributed by atoms with Gasteiger partial charge in [0.1, 0.15) is 0 Å². The number of para-hydroxylation sites is 4. The first-order valence-electron chi connectivity index (χ1n) is 20.7. The van der Waals surface area contributed by atoms with Crippen LogP contribution in [-0.4, -0.2) is 34.7 Å². The van der Waals surface area contributed by atoms with Crippen molar-refractivity contribution in [2.45, 2.75) is 131 Å². The quantitative estimate of drug-likeness (QED) is 0.177. The van der Waals surface area contributed by atoms with Crippen molar-refractivity contribution in [2.24, 2.45) is 23.8 Å². The van der Waals surface area contributed by atoms with Crippen LogP contribution in [0.2, 0.25) is 0 Å². The molecule has 53 heavy (non-hydrogen) atoms. The predicted molar refractivity (Wildman–Crippen MR) is 248 cm³/mol. The van der Waals surface area contributed by atoms with E-state index < -0.39 is 0 Å². The summed E-state index contributed by atoms with van der Waals surface area (Å²) >= 11 is 0. The van der Waals surface area contributed by atoms with Crippen LogP contribution in [0.4, 0.5) is 0 Å². The van der Waals surface area contributed by atoms with E-state index in [9.17, 15) is 0 Å². The summed E-state index contributed by atoms with van der Waals surface area (Å²) < 4.78 is 4.68. The Morgan fingerprint density at radius 3 is 0.981 bits per heavy atom. The lowest BCUT2D eigenvalue weighted by atomic mass is 9.94. The normalized spacial score (nSPS) is 10.5. The van der Waals surface area contributed by atoms with Crippen LogP contribution in [0.3, 0.4) is 0 Å². The molecule has 4 aromatic carbocycles. The Morgan fingerprint density at radius 1 is 0.491 bits per heavy atom. The number of aryl methyl sites for hydroxylation is 1. The van der Waals surface area contributed by atoms with E-state index in [1.54, 1.807) is 0 Å². The molecule has 0 bridgehead atoms. The van der Waals surface area contributed by atoms with Crippen molar-refractivity contribution in [3.8, 4) is 0 Å². The van der Waals surface area contributed by atoms with Crippen molar-refractivity contribution in [1.82, 2.24) is 14.0 Å². The third-order valence-electron chi connectivity index (χ3n) is 7.90.